The van der Waals surface area contributed by atoms with Crippen LogP contribution in [0.1, 0.15) is 66.2 Å². The van der Waals surface area contributed by atoms with Gasteiger partial charge in [0, 0.05) is 23.5 Å². The van der Waals surface area contributed by atoms with E-state index in [-0.39, 0.29) is 21.4 Å². The van der Waals surface area contributed by atoms with Crippen molar-refractivity contribution in [2.75, 3.05) is 0 Å². The Balaban J connectivity index is 0.773. The van der Waals surface area contributed by atoms with Crippen LogP contribution in [0.25, 0.3) is 11.1 Å². The van der Waals surface area contributed by atoms with Crippen LogP contribution in [0.5, 0.6) is 23.0 Å². The molecule has 10 nitrogen and oxygen atoms in total. The van der Waals surface area contributed by atoms with E-state index in [0.717, 1.165) is 33.4 Å². The van der Waals surface area contributed by atoms with E-state index in [1.807, 2.05) is 48.5 Å². The molecule has 0 bridgehead atoms. The maximum atomic E-state index is 14.0. The molecule has 2 atom stereocenters. The largest absolute Gasteiger partial charge is 0.457 e. The van der Waals surface area contributed by atoms with Crippen LogP contribution >= 0.6 is 0 Å². The smallest absolute Gasteiger partial charge is 0.259 e. The maximum absolute atomic E-state index is 14.0. The molecule has 8 aromatic rings. The molecule has 2 aliphatic rings. The van der Waals surface area contributed by atoms with Gasteiger partial charge in [0.15, 0.2) is 0 Å². The van der Waals surface area contributed by atoms with E-state index < -0.39 is 33.7 Å². The summed E-state index contributed by atoms with van der Waals surface area (Å²) in [4.78, 5) is 30.8. The van der Waals surface area contributed by atoms with Crippen molar-refractivity contribution >= 4 is 32.8 Å². The third-order valence-electron chi connectivity index (χ3n) is 12.6. The summed E-state index contributed by atoms with van der Waals surface area (Å²) < 4.78 is 66.7. The molecule has 2 heterocycles. The van der Waals surface area contributed by atoms with Gasteiger partial charge in [0.1, 0.15) is 46.7 Å². The second-order valence-corrected chi connectivity index (χ2v) is 19.2. The van der Waals surface area contributed by atoms with E-state index in [0.29, 0.717) is 58.1 Å². The van der Waals surface area contributed by atoms with Gasteiger partial charge in [-0.05, 0) is 179 Å². The fourth-order valence-corrected chi connectivity index (χ4v) is 10.2. The number of hydrogen-bond donors (Lipinski definition) is 0. The van der Waals surface area contributed by atoms with Crippen LogP contribution in [0.4, 0.5) is 8.78 Å². The number of fused-ring (bicyclic) bond motifs is 2. The SMILES string of the molecule is N#CC1c2ccccc2C(Cc2ccc(F)cc2)=CN1C(=O)c1ccc(Oc2ccc(S(=O)(=O)c3ccc(Oc4ccc(C(=O)N5C=C(Cc6ccc(F)cc6)c6ccccc6C5C#N)cc4)cc3)cc2)cc1. The molecule has 0 fully saturated rings. The summed E-state index contributed by atoms with van der Waals surface area (Å²) in [6, 6.07) is 54.7. The second-order valence-electron chi connectivity index (χ2n) is 17.3. The fraction of sp³-hybridized carbons (Fsp3) is 0.0667. The van der Waals surface area contributed by atoms with E-state index in [1.165, 1.54) is 82.6 Å². The van der Waals surface area contributed by atoms with E-state index in [9.17, 15) is 37.3 Å². The van der Waals surface area contributed by atoms with Crippen LogP contribution < -0.4 is 9.47 Å². The summed E-state index contributed by atoms with van der Waals surface area (Å²) in [5.41, 5.74) is 7.02. The Labute approximate surface area is 420 Å². The highest BCUT2D eigenvalue weighted by Crippen LogP contribution is 2.39. The van der Waals surface area contributed by atoms with Crippen LogP contribution in [0, 0.1) is 34.3 Å². The Morgan fingerprint density at radius 1 is 0.466 bits per heavy atom. The van der Waals surface area contributed by atoms with Crippen LogP contribution in [-0.4, -0.2) is 30.0 Å². The summed E-state index contributed by atoms with van der Waals surface area (Å²) in [5.74, 6) is 0.00785. The Bertz CT molecular complexity index is 3430. The average Bonchev–Trinajstić information content (AvgIpc) is 3.42. The summed E-state index contributed by atoms with van der Waals surface area (Å²) in [6.45, 7) is 0. The van der Waals surface area contributed by atoms with Crippen LogP contribution in [-0.2, 0) is 22.7 Å². The fourth-order valence-electron chi connectivity index (χ4n) is 8.93. The minimum atomic E-state index is -3.95. The average molecular weight is 983 g/mol. The van der Waals surface area contributed by atoms with Crippen molar-refractivity contribution in [3.8, 4) is 35.1 Å². The number of ether oxygens (including phenoxy) is 2. The third kappa shape index (κ3) is 9.86. The highest BCUT2D eigenvalue weighted by Gasteiger charge is 2.33. The number of benzene rings is 8. The molecule has 8 aromatic carbocycles. The zero-order valence-electron chi connectivity index (χ0n) is 38.6. The molecule has 0 N–H and O–H groups in total. The van der Waals surface area contributed by atoms with Crippen LogP contribution in [0.3, 0.4) is 0 Å². The number of sulfone groups is 1. The first-order valence-electron chi connectivity index (χ1n) is 23.0. The molecule has 0 aromatic heterocycles. The highest BCUT2D eigenvalue weighted by molar-refractivity contribution is 7.91. The van der Waals surface area contributed by atoms with Crippen LogP contribution in [0.15, 0.2) is 216 Å². The molecule has 0 saturated heterocycles. The number of nitrogens with zero attached hydrogens (tertiary/aromatic N) is 4. The first kappa shape index (κ1) is 47.3. The van der Waals surface area contributed by atoms with Gasteiger partial charge in [-0.25, -0.2) is 17.2 Å². The lowest BCUT2D eigenvalue weighted by atomic mass is 9.88. The Morgan fingerprint density at radius 2 is 0.795 bits per heavy atom. The molecule has 10 rings (SSSR count). The second kappa shape index (κ2) is 20.1. The van der Waals surface area contributed by atoms with Crippen molar-refractivity contribution in [1.82, 2.24) is 9.80 Å². The molecule has 0 spiro atoms. The number of carbonyl (C=O) groups excluding carboxylic acids is 2. The van der Waals surface area contributed by atoms with Gasteiger partial charge < -0.3 is 9.47 Å². The zero-order valence-corrected chi connectivity index (χ0v) is 39.4. The summed E-state index contributed by atoms with van der Waals surface area (Å²) in [6.07, 6.45) is 4.22. The lowest BCUT2D eigenvalue weighted by Crippen LogP contribution is -2.33. The van der Waals surface area contributed by atoms with Gasteiger partial charge >= 0.3 is 0 Å². The molecule has 2 amide bonds. The standard InChI is InChI=1S/C60H40F2N4O6S/c61-45-17-9-39(10-18-45)33-43-37-65(57(35-63)55-7-3-1-5-53(43)55)59(67)41-13-21-47(22-14-41)71-49-25-29-51(30-26-49)73(69,70)52-31-27-50(28-32-52)72-48-23-15-42(16-24-48)60(68)66-38-44(34-40-11-19-46(62)20-12-40)54-6-2-4-8-56(54)58(66)36-64/h1-32,37-38,57-58H,33-34H2. The van der Waals surface area contributed by atoms with Gasteiger partial charge in [-0.3, -0.25) is 19.4 Å². The van der Waals surface area contributed by atoms with Crippen LogP contribution in [0.2, 0.25) is 0 Å². The van der Waals surface area contributed by atoms with E-state index in [2.05, 4.69) is 12.1 Å². The summed E-state index contributed by atoms with van der Waals surface area (Å²) >= 11 is 0. The number of amides is 2. The maximum Gasteiger partial charge on any atom is 0.259 e. The number of rotatable bonds is 12. The predicted octanol–water partition coefficient (Wildman–Crippen LogP) is 13.0. The van der Waals surface area contributed by atoms with E-state index in [1.54, 1.807) is 85.2 Å². The van der Waals surface area contributed by atoms with E-state index in [4.69, 9.17) is 9.47 Å². The molecule has 13 heteroatoms. The predicted molar refractivity (Wildman–Crippen MR) is 269 cm³/mol. The normalized spacial score (nSPS) is 14.8. The molecule has 73 heavy (non-hydrogen) atoms. The van der Waals surface area contributed by atoms with Crippen molar-refractivity contribution in [3.05, 3.63) is 263 Å². The van der Waals surface area contributed by atoms with Gasteiger partial charge in [0.2, 0.25) is 9.84 Å². The molecule has 2 unspecified atom stereocenters. The number of hydrogen-bond acceptors (Lipinski definition) is 8. The molecule has 356 valence electrons. The first-order valence-corrected chi connectivity index (χ1v) is 24.5. The molecule has 2 aliphatic heterocycles. The minimum absolute atomic E-state index is 0.0324. The lowest BCUT2D eigenvalue weighted by Gasteiger charge is -2.32. The topological polar surface area (TPSA) is 141 Å². The van der Waals surface area contributed by atoms with Gasteiger partial charge in [-0.1, -0.05) is 72.8 Å². The number of allylic oxidation sites excluding steroid dienone is 2. The van der Waals surface area contributed by atoms with Gasteiger partial charge in [-0.2, -0.15) is 10.5 Å². The number of carbonyl (C=O) groups is 2. The van der Waals surface area contributed by atoms with Gasteiger partial charge in [-0.15, -0.1) is 0 Å². The van der Waals surface area contributed by atoms with Gasteiger partial charge in [0.25, 0.3) is 11.8 Å². The van der Waals surface area contributed by atoms with Crippen molar-refractivity contribution in [2.45, 2.75) is 34.7 Å². The molecule has 0 saturated carbocycles. The van der Waals surface area contributed by atoms with Crippen molar-refractivity contribution < 1.29 is 36.3 Å². The summed E-state index contributed by atoms with van der Waals surface area (Å²) in [7, 11) is -3.95. The molecule has 0 aliphatic carbocycles. The molecular formula is C60H40F2N4O6S. The Hall–Kier alpha value is -9.43. The van der Waals surface area contributed by atoms with Crippen molar-refractivity contribution in [2.24, 2.45) is 0 Å². The first-order chi connectivity index (χ1) is 35.4. The zero-order chi connectivity index (χ0) is 50.6. The summed E-state index contributed by atoms with van der Waals surface area (Å²) in [5, 5.41) is 20.5. The van der Waals surface area contributed by atoms with Crippen molar-refractivity contribution in [1.29, 1.82) is 10.5 Å². The quantitative estimate of drug-likeness (QED) is 0.118. The van der Waals surface area contributed by atoms with Crippen molar-refractivity contribution in [3.63, 3.8) is 0 Å². The monoisotopic (exact) mass is 982 g/mol. The highest BCUT2D eigenvalue weighted by atomic mass is 32.2. The molecular weight excluding hydrogens is 943 g/mol. The Kier molecular flexibility index (Phi) is 13.0. The minimum Gasteiger partial charge on any atom is -0.457 e. The number of halogens is 2. The number of nitriles is 2. The third-order valence-corrected chi connectivity index (χ3v) is 14.4. The van der Waals surface area contributed by atoms with E-state index >= 15 is 0 Å². The van der Waals surface area contributed by atoms with Gasteiger partial charge in [0.05, 0.1) is 21.9 Å². The lowest BCUT2D eigenvalue weighted by molar-refractivity contribution is 0.0785. The Morgan fingerprint density at radius 3 is 1.14 bits per heavy atom. The molecule has 0 radical (unpaired) electrons.